The Labute approximate surface area is 198 Å². The first-order chi connectivity index (χ1) is 16.3. The second kappa shape index (κ2) is 9.78. The number of hydrogen-bond acceptors (Lipinski definition) is 6. The molecule has 2 aromatic carbocycles. The minimum absolute atomic E-state index is 0.144. The van der Waals surface area contributed by atoms with E-state index in [2.05, 4.69) is 15.6 Å². The van der Waals surface area contributed by atoms with Gasteiger partial charge >= 0.3 is 0 Å². The van der Waals surface area contributed by atoms with Crippen LogP contribution in [0, 0.1) is 0 Å². The van der Waals surface area contributed by atoms with E-state index in [4.69, 9.17) is 4.74 Å². The highest BCUT2D eigenvalue weighted by atomic mass is 32.2. The molecule has 2 N–H and O–H groups in total. The Kier molecular flexibility index (Phi) is 6.80. The molecule has 178 valence electrons. The summed E-state index contributed by atoms with van der Waals surface area (Å²) in [4.78, 5) is 28.5. The van der Waals surface area contributed by atoms with E-state index in [0.29, 0.717) is 42.8 Å². The van der Waals surface area contributed by atoms with Crippen LogP contribution in [0.4, 0.5) is 5.69 Å². The first-order valence-corrected chi connectivity index (χ1v) is 12.3. The minimum Gasteiger partial charge on any atom is -0.497 e. The zero-order valence-electron chi connectivity index (χ0n) is 18.9. The molecule has 0 bridgehead atoms. The Balaban J connectivity index is 1.36. The highest BCUT2D eigenvalue weighted by molar-refractivity contribution is 7.89. The summed E-state index contributed by atoms with van der Waals surface area (Å²) in [6.45, 7) is 1.98. The number of benzene rings is 2. The van der Waals surface area contributed by atoms with Crippen molar-refractivity contribution in [2.75, 3.05) is 25.5 Å². The number of ether oxygens (including phenoxy) is 1. The molecule has 1 fully saturated rings. The highest BCUT2D eigenvalue weighted by Gasteiger charge is 2.30. The number of methoxy groups -OCH3 is 1. The maximum Gasteiger partial charge on any atom is 0.270 e. The molecule has 2 amide bonds. The molecule has 3 aromatic rings. The molecule has 0 unspecified atom stereocenters. The van der Waals surface area contributed by atoms with Crippen molar-refractivity contribution >= 4 is 38.4 Å². The number of carbonyl (C=O) groups is 2. The lowest BCUT2D eigenvalue weighted by molar-refractivity contribution is -0.114. The van der Waals surface area contributed by atoms with Crippen molar-refractivity contribution in [1.82, 2.24) is 14.6 Å². The smallest absolute Gasteiger partial charge is 0.270 e. The van der Waals surface area contributed by atoms with Gasteiger partial charge < -0.3 is 15.4 Å². The van der Waals surface area contributed by atoms with Crippen LogP contribution in [-0.2, 0) is 14.8 Å². The first kappa shape index (κ1) is 23.7. The Morgan fingerprint density at radius 2 is 1.74 bits per heavy atom. The fourth-order valence-corrected chi connectivity index (χ4v) is 5.39. The maximum atomic E-state index is 13.0. The number of nitrogens with one attached hydrogen (secondary N) is 2. The average Bonchev–Trinajstić information content (AvgIpc) is 2.83. The molecular formula is C24H26N4O5S. The van der Waals surface area contributed by atoms with E-state index in [-0.39, 0.29) is 22.8 Å². The molecule has 0 atom stereocenters. The van der Waals surface area contributed by atoms with Crippen molar-refractivity contribution in [3.63, 3.8) is 0 Å². The molecule has 10 heteroatoms. The molecular weight excluding hydrogens is 456 g/mol. The van der Waals surface area contributed by atoms with Crippen molar-refractivity contribution in [1.29, 1.82) is 0 Å². The van der Waals surface area contributed by atoms with Crippen molar-refractivity contribution < 1.29 is 22.7 Å². The third kappa shape index (κ3) is 5.18. The van der Waals surface area contributed by atoms with Crippen LogP contribution >= 0.6 is 0 Å². The van der Waals surface area contributed by atoms with Crippen LogP contribution in [-0.4, -0.2) is 55.8 Å². The van der Waals surface area contributed by atoms with Gasteiger partial charge in [0.15, 0.2) is 0 Å². The predicted octanol–water partition coefficient (Wildman–Crippen LogP) is 2.78. The second-order valence-electron chi connectivity index (χ2n) is 8.11. The number of fused-ring (bicyclic) bond motifs is 1. The van der Waals surface area contributed by atoms with Crippen LogP contribution in [0.2, 0.25) is 0 Å². The normalized spacial score (nSPS) is 15.1. The molecule has 0 saturated carbocycles. The van der Waals surface area contributed by atoms with Crippen molar-refractivity contribution in [2.45, 2.75) is 30.7 Å². The zero-order chi connectivity index (χ0) is 24.3. The van der Waals surface area contributed by atoms with Gasteiger partial charge in [-0.15, -0.1) is 0 Å². The molecule has 9 nitrogen and oxygen atoms in total. The van der Waals surface area contributed by atoms with Gasteiger partial charge in [-0.25, -0.2) is 13.4 Å². The monoisotopic (exact) mass is 482 g/mol. The summed E-state index contributed by atoms with van der Waals surface area (Å²) < 4.78 is 32.6. The van der Waals surface area contributed by atoms with Gasteiger partial charge in [-0.05, 0) is 61.4 Å². The highest BCUT2D eigenvalue weighted by Crippen LogP contribution is 2.23. The van der Waals surface area contributed by atoms with Crippen LogP contribution in [0.1, 0.15) is 30.3 Å². The number of rotatable bonds is 6. The van der Waals surface area contributed by atoms with Gasteiger partial charge in [0.25, 0.3) is 5.91 Å². The lowest BCUT2D eigenvalue weighted by Crippen LogP contribution is -2.46. The number of carbonyl (C=O) groups excluding carboxylic acids is 2. The third-order valence-corrected chi connectivity index (χ3v) is 7.64. The molecule has 0 radical (unpaired) electrons. The molecule has 1 aliphatic heterocycles. The van der Waals surface area contributed by atoms with Gasteiger partial charge in [0.1, 0.15) is 11.4 Å². The van der Waals surface area contributed by atoms with Gasteiger partial charge in [-0.2, -0.15) is 4.31 Å². The predicted molar refractivity (Wildman–Crippen MR) is 128 cm³/mol. The number of piperidine rings is 1. The quantitative estimate of drug-likeness (QED) is 0.558. The SMILES string of the molecule is COc1ccc2nc(C(=O)NC3CCN(S(=O)(=O)c4ccc(NC(C)=O)cc4)CC3)ccc2c1. The molecule has 4 rings (SSSR count). The summed E-state index contributed by atoms with van der Waals surface area (Å²) in [6, 6.07) is 14.9. The van der Waals surface area contributed by atoms with E-state index in [1.54, 1.807) is 37.4 Å². The van der Waals surface area contributed by atoms with Crippen LogP contribution in [0.15, 0.2) is 59.5 Å². The number of anilines is 1. The number of amides is 2. The zero-order valence-corrected chi connectivity index (χ0v) is 19.8. The van der Waals surface area contributed by atoms with Gasteiger partial charge in [0.05, 0.1) is 17.5 Å². The number of hydrogen-bond donors (Lipinski definition) is 2. The summed E-state index contributed by atoms with van der Waals surface area (Å²) in [5.41, 5.74) is 1.54. The maximum absolute atomic E-state index is 13.0. The molecule has 0 aliphatic carbocycles. The largest absolute Gasteiger partial charge is 0.497 e. The average molecular weight is 483 g/mol. The molecule has 1 aromatic heterocycles. The Morgan fingerprint density at radius 3 is 2.38 bits per heavy atom. The molecule has 1 aliphatic rings. The number of sulfonamides is 1. The van der Waals surface area contributed by atoms with Crippen molar-refractivity contribution in [2.24, 2.45) is 0 Å². The third-order valence-electron chi connectivity index (χ3n) is 5.73. The summed E-state index contributed by atoms with van der Waals surface area (Å²) >= 11 is 0. The van der Waals surface area contributed by atoms with E-state index in [1.807, 2.05) is 12.1 Å². The van der Waals surface area contributed by atoms with E-state index in [9.17, 15) is 18.0 Å². The fraction of sp³-hybridized carbons (Fsp3) is 0.292. The van der Waals surface area contributed by atoms with E-state index >= 15 is 0 Å². The Hall–Kier alpha value is -3.50. The van der Waals surface area contributed by atoms with Crippen LogP contribution in [0.25, 0.3) is 10.9 Å². The van der Waals surface area contributed by atoms with Gasteiger partial charge in [0, 0.05) is 37.1 Å². The molecule has 0 spiro atoms. The topological polar surface area (TPSA) is 118 Å². The van der Waals surface area contributed by atoms with E-state index in [0.717, 1.165) is 11.1 Å². The van der Waals surface area contributed by atoms with E-state index < -0.39 is 10.0 Å². The second-order valence-corrected chi connectivity index (χ2v) is 10.1. The minimum atomic E-state index is -3.66. The van der Waals surface area contributed by atoms with Gasteiger partial charge in [-0.1, -0.05) is 6.07 Å². The summed E-state index contributed by atoms with van der Waals surface area (Å²) in [7, 11) is -2.06. The van der Waals surface area contributed by atoms with Crippen molar-refractivity contribution in [3.8, 4) is 5.75 Å². The molecule has 1 saturated heterocycles. The Morgan fingerprint density at radius 1 is 1.03 bits per heavy atom. The number of aromatic nitrogens is 1. The van der Waals surface area contributed by atoms with E-state index in [1.165, 1.54) is 23.4 Å². The molecule has 34 heavy (non-hydrogen) atoms. The lowest BCUT2D eigenvalue weighted by atomic mass is 10.1. The van der Waals surface area contributed by atoms with Crippen LogP contribution < -0.4 is 15.4 Å². The van der Waals surface area contributed by atoms with Gasteiger partial charge in [-0.3, -0.25) is 9.59 Å². The first-order valence-electron chi connectivity index (χ1n) is 10.9. The fourth-order valence-electron chi connectivity index (χ4n) is 3.92. The summed E-state index contributed by atoms with van der Waals surface area (Å²) in [6.07, 6.45) is 0.999. The Bertz CT molecular complexity index is 1320. The van der Waals surface area contributed by atoms with Crippen LogP contribution in [0.3, 0.4) is 0 Å². The van der Waals surface area contributed by atoms with Crippen molar-refractivity contribution in [3.05, 3.63) is 60.3 Å². The standard InChI is InChI=1S/C24H26N4O5S/c1-16(29)25-18-4-7-21(8-5-18)34(31,32)28-13-11-19(12-14-28)26-24(30)23-9-3-17-15-20(33-2)6-10-22(17)27-23/h3-10,15,19H,11-14H2,1-2H3,(H,25,29)(H,26,30). The lowest BCUT2D eigenvalue weighted by Gasteiger charge is -2.31. The van der Waals surface area contributed by atoms with Gasteiger partial charge in [0.2, 0.25) is 15.9 Å². The molecule has 2 heterocycles. The number of pyridine rings is 1. The van der Waals surface area contributed by atoms with Crippen LogP contribution in [0.5, 0.6) is 5.75 Å². The summed E-state index contributed by atoms with van der Waals surface area (Å²) in [5, 5.41) is 6.46. The summed E-state index contributed by atoms with van der Waals surface area (Å²) in [5.74, 6) is 0.211. The number of nitrogens with zero attached hydrogens (tertiary/aromatic N) is 2.